The minimum absolute atomic E-state index is 0.00444. The van der Waals surface area contributed by atoms with Gasteiger partial charge in [0.1, 0.15) is 41.3 Å². The Hall–Kier alpha value is -3.85. The summed E-state index contributed by atoms with van der Waals surface area (Å²) in [7, 11) is 0. The van der Waals surface area contributed by atoms with Gasteiger partial charge in [0, 0.05) is 42.1 Å². The van der Waals surface area contributed by atoms with Crippen LogP contribution in [0, 0.1) is 29.9 Å². The summed E-state index contributed by atoms with van der Waals surface area (Å²) >= 11 is 6.64. The number of alkyl halides is 2. The highest BCUT2D eigenvalue weighted by molar-refractivity contribution is 6.24. The molecule has 0 bridgehead atoms. The molecule has 2 aromatic heterocycles. The average Bonchev–Trinajstić information content (AvgIpc) is 3.45. The smallest absolute Gasteiger partial charge is 0.319 e. The van der Waals surface area contributed by atoms with E-state index in [-0.39, 0.29) is 68.4 Å². The van der Waals surface area contributed by atoms with E-state index in [0.717, 1.165) is 0 Å². The highest BCUT2D eigenvalue weighted by Crippen LogP contribution is 2.47. The number of hydrogen-bond acceptors (Lipinski definition) is 8. The van der Waals surface area contributed by atoms with E-state index in [1.54, 1.807) is 6.92 Å². The van der Waals surface area contributed by atoms with Crippen LogP contribution in [0.4, 0.5) is 19.0 Å². The van der Waals surface area contributed by atoms with Gasteiger partial charge >= 0.3 is 6.01 Å². The highest BCUT2D eigenvalue weighted by Gasteiger charge is 2.55. The molecule has 4 fully saturated rings. The molecule has 4 aromatic rings. The van der Waals surface area contributed by atoms with Crippen molar-refractivity contribution in [1.82, 2.24) is 19.9 Å². The van der Waals surface area contributed by atoms with Gasteiger partial charge in [0.15, 0.2) is 5.82 Å². The van der Waals surface area contributed by atoms with Gasteiger partial charge in [-0.3, -0.25) is 9.88 Å². The van der Waals surface area contributed by atoms with Crippen LogP contribution < -0.4 is 9.64 Å². The lowest BCUT2D eigenvalue weighted by atomic mass is 9.94. The summed E-state index contributed by atoms with van der Waals surface area (Å²) in [5.41, 5.74) is -1.87. The summed E-state index contributed by atoms with van der Waals surface area (Å²) in [6.07, 6.45) is 6.76. The third-order valence-corrected chi connectivity index (χ3v) is 10.5. The van der Waals surface area contributed by atoms with E-state index in [1.165, 1.54) is 30.5 Å². The quantitative estimate of drug-likeness (QED) is 0.221. The molecule has 6 atom stereocenters. The first kappa shape index (κ1) is 27.3. The van der Waals surface area contributed by atoms with Crippen molar-refractivity contribution in [2.45, 2.75) is 55.4 Å². The van der Waals surface area contributed by atoms with Gasteiger partial charge < -0.3 is 19.5 Å². The van der Waals surface area contributed by atoms with Gasteiger partial charge in [-0.1, -0.05) is 12.0 Å². The van der Waals surface area contributed by atoms with Crippen molar-refractivity contribution in [3.8, 4) is 35.4 Å². The molecular formula is C34H31ClF3N5O3. The number of hydrogen-bond donors (Lipinski definition) is 1. The van der Waals surface area contributed by atoms with Crippen molar-refractivity contribution in [2.75, 3.05) is 37.8 Å². The number of phenols is 1. The normalized spacial score (nSPS) is 30.0. The Morgan fingerprint density at radius 1 is 1.28 bits per heavy atom. The van der Waals surface area contributed by atoms with Crippen molar-refractivity contribution in [3.63, 3.8) is 0 Å². The molecule has 2 aromatic carbocycles. The number of nitrogens with zero attached hydrogens (tertiary/aromatic N) is 5. The zero-order valence-electron chi connectivity index (χ0n) is 26.8. The Kier molecular flexibility index (Phi) is 6.44. The van der Waals surface area contributed by atoms with Gasteiger partial charge in [0.2, 0.25) is 0 Å². The largest absolute Gasteiger partial charge is 0.508 e. The first-order valence-electron chi connectivity index (χ1n) is 16.3. The maximum absolute atomic E-state index is 16.9. The predicted octanol–water partition coefficient (Wildman–Crippen LogP) is 5.60. The molecule has 1 aliphatic carbocycles. The van der Waals surface area contributed by atoms with E-state index in [1.807, 2.05) is 9.80 Å². The zero-order chi connectivity index (χ0) is 33.7. The second-order valence-electron chi connectivity index (χ2n) is 12.5. The van der Waals surface area contributed by atoms with Gasteiger partial charge in [0.05, 0.1) is 43.9 Å². The monoisotopic (exact) mass is 651 g/mol. The molecule has 3 saturated heterocycles. The molecule has 12 heteroatoms. The van der Waals surface area contributed by atoms with Crippen molar-refractivity contribution < 1.29 is 30.5 Å². The first-order valence-corrected chi connectivity index (χ1v) is 15.8. The maximum atomic E-state index is 16.9. The molecule has 0 amide bonds. The van der Waals surface area contributed by atoms with Crippen molar-refractivity contribution >= 4 is 39.1 Å². The lowest BCUT2D eigenvalue weighted by Gasteiger charge is -2.33. The number of phenolic OH excluding ortho intramolecular Hbond substituents is 1. The molecule has 5 heterocycles. The molecule has 8 rings (SSSR count). The van der Waals surface area contributed by atoms with Gasteiger partial charge in [-0.2, -0.15) is 9.97 Å². The van der Waals surface area contributed by atoms with Crippen LogP contribution in [0.2, 0.25) is 0 Å². The first-order chi connectivity index (χ1) is 23.0. The second-order valence-corrected chi connectivity index (χ2v) is 13.0. The van der Waals surface area contributed by atoms with Crippen LogP contribution in [-0.2, 0) is 4.74 Å². The summed E-state index contributed by atoms with van der Waals surface area (Å²) < 4.78 is 76.8. The topological polar surface area (TPSA) is 83.8 Å². The van der Waals surface area contributed by atoms with E-state index in [4.69, 9.17) is 30.2 Å². The van der Waals surface area contributed by atoms with Crippen LogP contribution in [0.15, 0.2) is 30.5 Å². The number of aromatic nitrogens is 3. The maximum Gasteiger partial charge on any atom is 0.319 e. The Bertz CT molecular complexity index is 2030. The second kappa shape index (κ2) is 10.9. The Morgan fingerprint density at radius 3 is 2.96 bits per heavy atom. The summed E-state index contributed by atoms with van der Waals surface area (Å²) in [5.74, 6) is 0.689. The number of terminal acetylenes is 1. The lowest BCUT2D eigenvalue weighted by molar-refractivity contribution is 0.0879. The van der Waals surface area contributed by atoms with Crippen molar-refractivity contribution in [3.05, 3.63) is 47.7 Å². The van der Waals surface area contributed by atoms with Crippen LogP contribution in [0.25, 0.3) is 32.9 Å². The molecule has 238 valence electrons. The minimum Gasteiger partial charge on any atom is -0.508 e. The van der Waals surface area contributed by atoms with Gasteiger partial charge in [-0.15, -0.1) is 18.0 Å². The number of rotatable bonds is 5. The molecule has 4 aliphatic rings. The van der Waals surface area contributed by atoms with E-state index < -0.39 is 42.0 Å². The molecule has 3 aliphatic heterocycles. The third kappa shape index (κ3) is 4.48. The SMILES string of the molecule is [2H]C([2H])(Oc1nc(N2CCOC[C@H]3[C@H](Cl)[C@H]32)c2cnc(-c3cc(O)cc4ccc(F)c(C#C)c34)c(F)c2n1)[C@@]12CCCN1[C@H](C)[C@H](F)C2. The fourth-order valence-corrected chi connectivity index (χ4v) is 8.07. The van der Waals surface area contributed by atoms with Crippen LogP contribution in [0.1, 0.15) is 34.5 Å². The zero-order valence-corrected chi connectivity index (χ0v) is 25.6. The van der Waals surface area contributed by atoms with Gasteiger partial charge in [-0.05, 0) is 49.9 Å². The van der Waals surface area contributed by atoms with Crippen LogP contribution in [0.5, 0.6) is 11.8 Å². The fraction of sp³-hybridized carbons (Fsp3) is 0.441. The lowest BCUT2D eigenvalue weighted by Crippen LogP contribution is -2.46. The number of benzene rings is 2. The molecular weight excluding hydrogens is 619 g/mol. The summed E-state index contributed by atoms with van der Waals surface area (Å²) in [5, 5.41) is 11.0. The van der Waals surface area contributed by atoms with Crippen molar-refractivity contribution in [2.24, 2.45) is 5.92 Å². The number of ether oxygens (including phenoxy) is 2. The summed E-state index contributed by atoms with van der Waals surface area (Å²) in [6.45, 7) is 0.949. The molecule has 46 heavy (non-hydrogen) atoms. The number of pyridine rings is 1. The highest BCUT2D eigenvalue weighted by atomic mass is 35.5. The van der Waals surface area contributed by atoms with Crippen molar-refractivity contribution in [1.29, 1.82) is 0 Å². The molecule has 1 saturated carbocycles. The van der Waals surface area contributed by atoms with E-state index in [9.17, 15) is 9.50 Å². The molecule has 8 nitrogen and oxygen atoms in total. The Labute approximate surface area is 271 Å². The van der Waals surface area contributed by atoms with E-state index in [0.29, 0.717) is 44.5 Å². The average molecular weight is 652 g/mol. The predicted molar refractivity (Wildman–Crippen MR) is 168 cm³/mol. The Balaban J connectivity index is 1.32. The van der Waals surface area contributed by atoms with Crippen LogP contribution in [-0.4, -0.2) is 87.0 Å². The third-order valence-electron chi connectivity index (χ3n) is 9.97. The standard InChI is InChI=1S/C34H31ClF3N5O3/c1-3-20-24(36)6-5-18-11-19(44)12-21(26(18)20)29-28(38)30-22(14-39-29)32(42-9-10-45-15-23-27(35)31(23)42)41-33(40-30)46-16-34-7-4-8-43(34)17(2)25(37)13-34/h1,5-6,11-12,14,17,23,25,27,31,44H,4,7-10,13,15-16H2,2H3/t17-,23+,25-,27+,31+,34+/m1/s1/i16D2. The molecule has 0 unspecified atom stereocenters. The molecule has 0 radical (unpaired) electrons. The van der Waals surface area contributed by atoms with E-state index >= 15 is 8.78 Å². The Morgan fingerprint density at radius 2 is 2.13 bits per heavy atom. The number of fused-ring (bicyclic) bond motifs is 4. The summed E-state index contributed by atoms with van der Waals surface area (Å²) in [6, 6.07) is 4.10. The minimum atomic E-state index is -2.45. The fourth-order valence-electron chi connectivity index (χ4n) is 7.61. The van der Waals surface area contributed by atoms with E-state index in [2.05, 4.69) is 20.9 Å². The number of aromatic hydroxyl groups is 1. The number of anilines is 1. The van der Waals surface area contributed by atoms with Crippen LogP contribution in [0.3, 0.4) is 0 Å². The number of halogens is 4. The molecule has 0 spiro atoms. The van der Waals surface area contributed by atoms with Gasteiger partial charge in [0.25, 0.3) is 0 Å². The molecule has 1 N–H and O–H groups in total. The van der Waals surface area contributed by atoms with Gasteiger partial charge in [-0.25, -0.2) is 13.2 Å². The van der Waals surface area contributed by atoms with Crippen LogP contribution >= 0.6 is 11.6 Å². The summed E-state index contributed by atoms with van der Waals surface area (Å²) in [4.78, 5) is 17.2.